The van der Waals surface area contributed by atoms with E-state index in [1.807, 2.05) is 18.2 Å². The highest BCUT2D eigenvalue weighted by Gasteiger charge is 2.19. The van der Waals surface area contributed by atoms with Crippen LogP contribution in [0.15, 0.2) is 54.6 Å². The number of carbonyl (C=O) groups is 3. The number of nitrogens with one attached hydrogen (secondary N) is 2. The minimum Gasteiger partial charge on any atom is -0.451 e. The molecule has 0 saturated heterocycles. The number of amides is 2. The van der Waals surface area contributed by atoms with Crippen molar-refractivity contribution in [3.63, 3.8) is 0 Å². The number of halogens is 1. The molecule has 0 bridgehead atoms. The standard InChI is InChI=1S/C20H18FN5O4/c1-13-19(25-26(24-13)16-5-3-2-4-6-16)20(29)30-12-18(28)22-11-17(27)23-15-9-7-14(21)8-10-15/h2-10H,11-12H2,1H3,(H,22,28)(H,23,27). The minimum absolute atomic E-state index is 0.0132. The summed E-state index contributed by atoms with van der Waals surface area (Å²) in [7, 11) is 0. The molecule has 0 radical (unpaired) electrons. The van der Waals surface area contributed by atoms with Crippen LogP contribution in [0, 0.1) is 12.7 Å². The highest BCUT2D eigenvalue weighted by atomic mass is 19.1. The third-order valence-corrected chi connectivity index (χ3v) is 3.87. The Kier molecular flexibility index (Phi) is 6.48. The second-order valence-corrected chi connectivity index (χ2v) is 6.17. The predicted octanol–water partition coefficient (Wildman–Crippen LogP) is 1.63. The number of hydrogen-bond acceptors (Lipinski definition) is 6. The zero-order valence-corrected chi connectivity index (χ0v) is 16.0. The number of esters is 1. The van der Waals surface area contributed by atoms with E-state index in [-0.39, 0.29) is 12.2 Å². The maximum atomic E-state index is 12.8. The molecule has 2 aromatic carbocycles. The Morgan fingerprint density at radius 3 is 2.40 bits per heavy atom. The van der Waals surface area contributed by atoms with Crippen molar-refractivity contribution in [2.45, 2.75) is 6.92 Å². The van der Waals surface area contributed by atoms with Gasteiger partial charge in [-0.1, -0.05) is 18.2 Å². The van der Waals surface area contributed by atoms with Gasteiger partial charge in [0.15, 0.2) is 12.3 Å². The van der Waals surface area contributed by atoms with Gasteiger partial charge in [0.25, 0.3) is 5.91 Å². The van der Waals surface area contributed by atoms with Crippen LogP contribution in [0.3, 0.4) is 0 Å². The summed E-state index contributed by atoms with van der Waals surface area (Å²) in [4.78, 5) is 37.1. The minimum atomic E-state index is -0.805. The van der Waals surface area contributed by atoms with Crippen LogP contribution in [-0.2, 0) is 14.3 Å². The van der Waals surface area contributed by atoms with Gasteiger partial charge in [-0.2, -0.15) is 9.90 Å². The van der Waals surface area contributed by atoms with Gasteiger partial charge in [0.1, 0.15) is 5.82 Å². The van der Waals surface area contributed by atoms with Crippen molar-refractivity contribution in [3.8, 4) is 5.69 Å². The number of aromatic nitrogens is 3. The Bertz CT molecular complexity index is 1050. The number of carbonyl (C=O) groups excluding carboxylic acids is 3. The predicted molar refractivity (Wildman–Crippen MR) is 104 cm³/mol. The van der Waals surface area contributed by atoms with Crippen molar-refractivity contribution in [2.75, 3.05) is 18.5 Å². The van der Waals surface area contributed by atoms with E-state index in [1.54, 1.807) is 19.1 Å². The Morgan fingerprint density at radius 2 is 1.70 bits per heavy atom. The maximum Gasteiger partial charge on any atom is 0.361 e. The lowest BCUT2D eigenvalue weighted by Crippen LogP contribution is -2.35. The SMILES string of the molecule is Cc1nn(-c2ccccc2)nc1C(=O)OCC(=O)NCC(=O)Nc1ccc(F)cc1. The molecule has 0 atom stereocenters. The number of hydrogen-bond donors (Lipinski definition) is 2. The third kappa shape index (κ3) is 5.47. The number of anilines is 1. The summed E-state index contributed by atoms with van der Waals surface area (Å²) in [6.07, 6.45) is 0. The quantitative estimate of drug-likeness (QED) is 0.571. The van der Waals surface area contributed by atoms with Gasteiger partial charge in [-0.25, -0.2) is 9.18 Å². The molecule has 10 heteroatoms. The molecule has 1 aromatic heterocycles. The van der Waals surface area contributed by atoms with Gasteiger partial charge in [-0.05, 0) is 43.3 Å². The summed E-state index contributed by atoms with van der Waals surface area (Å²) in [6.45, 7) is 0.681. The van der Waals surface area contributed by atoms with Gasteiger partial charge < -0.3 is 15.4 Å². The highest BCUT2D eigenvalue weighted by Crippen LogP contribution is 2.09. The van der Waals surface area contributed by atoms with E-state index in [0.29, 0.717) is 17.1 Å². The summed E-state index contributed by atoms with van der Waals surface area (Å²) in [5.74, 6) is -2.41. The number of aryl methyl sites for hydroxylation is 1. The van der Waals surface area contributed by atoms with Crippen molar-refractivity contribution in [1.82, 2.24) is 20.3 Å². The summed E-state index contributed by atoms with van der Waals surface area (Å²) < 4.78 is 17.8. The van der Waals surface area contributed by atoms with Crippen molar-refractivity contribution >= 4 is 23.5 Å². The smallest absolute Gasteiger partial charge is 0.361 e. The van der Waals surface area contributed by atoms with Crippen molar-refractivity contribution in [3.05, 3.63) is 71.8 Å². The molecule has 1 heterocycles. The van der Waals surface area contributed by atoms with Gasteiger partial charge in [0.2, 0.25) is 5.91 Å². The summed E-state index contributed by atoms with van der Waals surface area (Å²) in [6, 6.07) is 14.2. The molecule has 2 amide bonds. The van der Waals surface area contributed by atoms with Crippen LogP contribution in [-0.4, -0.2) is 45.9 Å². The van der Waals surface area contributed by atoms with Crippen LogP contribution < -0.4 is 10.6 Å². The topological polar surface area (TPSA) is 115 Å². The molecule has 0 unspecified atom stereocenters. The molecule has 3 rings (SSSR count). The Hall–Kier alpha value is -4.08. The van der Waals surface area contributed by atoms with E-state index in [9.17, 15) is 18.8 Å². The molecule has 0 saturated carbocycles. The molecule has 0 aliphatic heterocycles. The van der Waals surface area contributed by atoms with Crippen molar-refractivity contribution in [2.24, 2.45) is 0 Å². The van der Waals surface area contributed by atoms with E-state index in [4.69, 9.17) is 4.74 Å². The number of ether oxygens (including phenoxy) is 1. The van der Waals surface area contributed by atoms with E-state index in [2.05, 4.69) is 20.8 Å². The number of para-hydroxylation sites is 1. The first-order valence-electron chi connectivity index (χ1n) is 8.91. The summed E-state index contributed by atoms with van der Waals surface area (Å²) in [5, 5.41) is 13.1. The monoisotopic (exact) mass is 411 g/mol. The van der Waals surface area contributed by atoms with E-state index in [1.165, 1.54) is 29.1 Å². The second-order valence-electron chi connectivity index (χ2n) is 6.17. The molecular weight excluding hydrogens is 393 g/mol. The van der Waals surface area contributed by atoms with Gasteiger partial charge >= 0.3 is 5.97 Å². The molecule has 9 nitrogen and oxygen atoms in total. The van der Waals surface area contributed by atoms with Crippen LogP contribution in [0.25, 0.3) is 5.69 Å². The summed E-state index contributed by atoms with van der Waals surface area (Å²) in [5.41, 5.74) is 1.40. The van der Waals surface area contributed by atoms with Crippen molar-refractivity contribution < 1.29 is 23.5 Å². The molecule has 0 fully saturated rings. The molecule has 0 aliphatic rings. The lowest BCUT2D eigenvalue weighted by Gasteiger charge is -2.07. The maximum absolute atomic E-state index is 12.8. The molecule has 154 valence electrons. The Balaban J connectivity index is 1.46. The molecule has 0 spiro atoms. The van der Waals surface area contributed by atoms with E-state index < -0.39 is 30.2 Å². The van der Waals surface area contributed by atoms with Crippen LogP contribution in [0.4, 0.5) is 10.1 Å². The average Bonchev–Trinajstić information content (AvgIpc) is 3.14. The second kappa shape index (κ2) is 9.41. The number of nitrogens with zero attached hydrogens (tertiary/aromatic N) is 3. The number of benzene rings is 2. The zero-order valence-electron chi connectivity index (χ0n) is 16.0. The van der Waals surface area contributed by atoms with Gasteiger partial charge in [0.05, 0.1) is 17.9 Å². The van der Waals surface area contributed by atoms with Crippen molar-refractivity contribution in [1.29, 1.82) is 0 Å². The largest absolute Gasteiger partial charge is 0.451 e. The highest BCUT2D eigenvalue weighted by molar-refractivity contribution is 5.95. The first-order chi connectivity index (χ1) is 14.4. The first-order valence-corrected chi connectivity index (χ1v) is 8.91. The van der Waals surface area contributed by atoms with E-state index >= 15 is 0 Å². The van der Waals surface area contributed by atoms with Crippen LogP contribution in [0.2, 0.25) is 0 Å². The zero-order chi connectivity index (χ0) is 21.5. The van der Waals surface area contributed by atoms with Crippen LogP contribution in [0.5, 0.6) is 0 Å². The third-order valence-electron chi connectivity index (χ3n) is 3.87. The molecular formula is C20H18FN5O4. The molecule has 30 heavy (non-hydrogen) atoms. The molecule has 2 N–H and O–H groups in total. The molecule has 3 aromatic rings. The lowest BCUT2D eigenvalue weighted by atomic mass is 10.3. The fourth-order valence-electron chi connectivity index (χ4n) is 2.41. The van der Waals surface area contributed by atoms with Gasteiger partial charge in [0, 0.05) is 5.69 Å². The Labute approximate surface area is 170 Å². The lowest BCUT2D eigenvalue weighted by molar-refractivity contribution is -0.126. The molecule has 0 aliphatic carbocycles. The van der Waals surface area contributed by atoms with Crippen LogP contribution >= 0.6 is 0 Å². The normalized spacial score (nSPS) is 10.3. The van der Waals surface area contributed by atoms with Gasteiger partial charge in [-0.15, -0.1) is 5.10 Å². The van der Waals surface area contributed by atoms with Gasteiger partial charge in [-0.3, -0.25) is 9.59 Å². The number of rotatable bonds is 7. The van der Waals surface area contributed by atoms with E-state index in [0.717, 1.165) is 0 Å². The average molecular weight is 411 g/mol. The van der Waals surface area contributed by atoms with Crippen LogP contribution in [0.1, 0.15) is 16.2 Å². The Morgan fingerprint density at radius 1 is 1.00 bits per heavy atom. The fourth-order valence-corrected chi connectivity index (χ4v) is 2.41. The first kappa shape index (κ1) is 20.6. The summed E-state index contributed by atoms with van der Waals surface area (Å²) >= 11 is 0. The fraction of sp³-hybridized carbons (Fsp3) is 0.150.